The molecule has 2 heterocycles. The SMILES string of the molecule is COc1ccc(CC(=O)Nc2ccccc2N2CCCC2=O)cc1S(=O)(=O)N1CCOCC1. The van der Waals surface area contributed by atoms with Crippen LogP contribution in [0.5, 0.6) is 5.75 Å². The Kier molecular flexibility index (Phi) is 6.96. The second kappa shape index (κ2) is 9.90. The number of carbonyl (C=O) groups excluding carboxylic acids is 2. The standard InChI is InChI=1S/C23H27N3O6S/c1-31-20-9-8-17(15-21(20)33(29,30)25-11-13-32-14-12-25)16-22(27)24-18-5-2-3-6-19(18)26-10-4-7-23(26)28/h2-3,5-6,8-9,15H,4,7,10-14,16H2,1H3,(H,24,27). The summed E-state index contributed by atoms with van der Waals surface area (Å²) < 4.78 is 38.2. The van der Waals surface area contributed by atoms with Crippen LogP contribution in [0.15, 0.2) is 47.4 Å². The molecule has 0 aliphatic carbocycles. The van der Waals surface area contributed by atoms with E-state index in [9.17, 15) is 18.0 Å². The zero-order valence-electron chi connectivity index (χ0n) is 18.5. The van der Waals surface area contributed by atoms with Gasteiger partial charge in [0.1, 0.15) is 10.6 Å². The number of methoxy groups -OCH3 is 1. The van der Waals surface area contributed by atoms with Gasteiger partial charge >= 0.3 is 0 Å². The molecule has 2 aromatic rings. The lowest BCUT2D eigenvalue weighted by molar-refractivity contribution is -0.117. The van der Waals surface area contributed by atoms with Crippen molar-refractivity contribution in [2.24, 2.45) is 0 Å². The number of nitrogens with zero attached hydrogens (tertiary/aromatic N) is 2. The molecule has 2 aromatic carbocycles. The lowest BCUT2D eigenvalue weighted by atomic mass is 10.1. The van der Waals surface area contributed by atoms with E-state index >= 15 is 0 Å². The average molecular weight is 474 g/mol. The van der Waals surface area contributed by atoms with Gasteiger partial charge in [-0.2, -0.15) is 4.31 Å². The molecule has 0 aromatic heterocycles. The van der Waals surface area contributed by atoms with Crippen LogP contribution in [0.4, 0.5) is 11.4 Å². The number of rotatable bonds is 7. The fraction of sp³-hybridized carbons (Fsp3) is 0.391. The Morgan fingerprint density at radius 2 is 1.88 bits per heavy atom. The summed E-state index contributed by atoms with van der Waals surface area (Å²) >= 11 is 0. The first-order valence-electron chi connectivity index (χ1n) is 10.8. The smallest absolute Gasteiger partial charge is 0.246 e. The molecule has 9 nitrogen and oxygen atoms in total. The molecule has 2 aliphatic rings. The third kappa shape index (κ3) is 5.02. The number of carbonyl (C=O) groups is 2. The molecule has 1 N–H and O–H groups in total. The summed E-state index contributed by atoms with van der Waals surface area (Å²) in [7, 11) is -2.38. The van der Waals surface area contributed by atoms with Gasteiger partial charge in [0.25, 0.3) is 0 Å². The Labute approximate surface area is 193 Å². The van der Waals surface area contributed by atoms with E-state index in [0.717, 1.165) is 6.42 Å². The number of hydrogen-bond donors (Lipinski definition) is 1. The molecule has 176 valence electrons. The number of anilines is 2. The molecular weight excluding hydrogens is 446 g/mol. The predicted octanol–water partition coefficient (Wildman–Crippen LogP) is 2.02. The third-order valence-corrected chi connectivity index (χ3v) is 7.64. The predicted molar refractivity (Wildman–Crippen MR) is 123 cm³/mol. The summed E-state index contributed by atoms with van der Waals surface area (Å²) in [6.07, 6.45) is 1.25. The van der Waals surface area contributed by atoms with Gasteiger partial charge in [0.15, 0.2) is 0 Å². The van der Waals surface area contributed by atoms with Gasteiger partial charge in [-0.3, -0.25) is 9.59 Å². The highest BCUT2D eigenvalue weighted by Crippen LogP contribution is 2.31. The van der Waals surface area contributed by atoms with Crippen molar-refractivity contribution < 1.29 is 27.5 Å². The van der Waals surface area contributed by atoms with Gasteiger partial charge in [-0.15, -0.1) is 0 Å². The molecule has 33 heavy (non-hydrogen) atoms. The molecule has 4 rings (SSSR count). The maximum absolute atomic E-state index is 13.2. The van der Waals surface area contributed by atoms with Crippen LogP contribution in [-0.2, 0) is 30.8 Å². The number of benzene rings is 2. The number of ether oxygens (including phenoxy) is 2. The van der Waals surface area contributed by atoms with E-state index in [0.29, 0.717) is 43.1 Å². The number of para-hydroxylation sites is 2. The second-order valence-corrected chi connectivity index (χ2v) is 9.80. The summed E-state index contributed by atoms with van der Waals surface area (Å²) in [5.74, 6) is -0.0534. The minimum absolute atomic E-state index is 0.0280. The fourth-order valence-corrected chi connectivity index (χ4v) is 5.67. The van der Waals surface area contributed by atoms with E-state index in [1.54, 1.807) is 35.2 Å². The summed E-state index contributed by atoms with van der Waals surface area (Å²) in [5.41, 5.74) is 1.75. The first kappa shape index (κ1) is 23.2. The van der Waals surface area contributed by atoms with Crippen LogP contribution in [0.2, 0.25) is 0 Å². The van der Waals surface area contributed by atoms with Crippen molar-refractivity contribution in [1.82, 2.24) is 4.31 Å². The third-order valence-electron chi connectivity index (χ3n) is 5.72. The van der Waals surface area contributed by atoms with Gasteiger partial charge in [0.05, 0.1) is 38.1 Å². The second-order valence-electron chi connectivity index (χ2n) is 7.89. The van der Waals surface area contributed by atoms with Crippen molar-refractivity contribution in [2.45, 2.75) is 24.2 Å². The van der Waals surface area contributed by atoms with Gasteiger partial charge in [-0.25, -0.2) is 8.42 Å². The van der Waals surface area contributed by atoms with E-state index in [4.69, 9.17) is 9.47 Å². The molecule has 0 spiro atoms. The Bertz CT molecular complexity index is 1140. The van der Waals surface area contributed by atoms with Crippen LogP contribution in [0.3, 0.4) is 0 Å². The van der Waals surface area contributed by atoms with Crippen LogP contribution >= 0.6 is 0 Å². The molecule has 0 bridgehead atoms. The molecule has 0 atom stereocenters. The van der Waals surface area contributed by atoms with Crippen LogP contribution in [-0.4, -0.2) is 64.5 Å². The van der Waals surface area contributed by atoms with Crippen molar-refractivity contribution in [2.75, 3.05) is 50.2 Å². The Hall–Kier alpha value is -2.95. The molecule has 2 amide bonds. The highest BCUT2D eigenvalue weighted by atomic mass is 32.2. The summed E-state index contributed by atoms with van der Waals surface area (Å²) in [6, 6.07) is 11.9. The van der Waals surface area contributed by atoms with Crippen molar-refractivity contribution in [1.29, 1.82) is 0 Å². The monoisotopic (exact) mass is 473 g/mol. The molecule has 0 unspecified atom stereocenters. The van der Waals surface area contributed by atoms with E-state index in [1.165, 1.54) is 17.5 Å². The lowest BCUT2D eigenvalue weighted by Gasteiger charge is -2.26. The maximum atomic E-state index is 13.2. The minimum Gasteiger partial charge on any atom is -0.495 e. The summed E-state index contributed by atoms with van der Waals surface area (Å²) in [6.45, 7) is 1.82. The average Bonchev–Trinajstić information content (AvgIpc) is 3.25. The molecular formula is C23H27N3O6S. The van der Waals surface area contributed by atoms with Gasteiger partial charge in [0.2, 0.25) is 21.8 Å². The van der Waals surface area contributed by atoms with Crippen molar-refractivity contribution in [3.05, 3.63) is 48.0 Å². The van der Waals surface area contributed by atoms with Gasteiger partial charge in [0, 0.05) is 26.1 Å². The first-order chi connectivity index (χ1) is 15.9. The van der Waals surface area contributed by atoms with Gasteiger partial charge in [-0.1, -0.05) is 18.2 Å². The quantitative estimate of drug-likeness (QED) is 0.660. The Morgan fingerprint density at radius 3 is 2.58 bits per heavy atom. The summed E-state index contributed by atoms with van der Waals surface area (Å²) in [5, 5.41) is 2.87. The van der Waals surface area contributed by atoms with Crippen molar-refractivity contribution in [3.8, 4) is 5.75 Å². The van der Waals surface area contributed by atoms with Crippen LogP contribution in [0.1, 0.15) is 18.4 Å². The van der Waals surface area contributed by atoms with Gasteiger partial charge in [-0.05, 0) is 36.2 Å². The molecule has 2 aliphatic heterocycles. The van der Waals surface area contributed by atoms with E-state index in [1.807, 2.05) is 6.07 Å². The van der Waals surface area contributed by atoms with Crippen LogP contribution < -0.4 is 15.0 Å². The van der Waals surface area contributed by atoms with Crippen molar-refractivity contribution in [3.63, 3.8) is 0 Å². The number of morpholine rings is 1. The largest absolute Gasteiger partial charge is 0.495 e. The highest BCUT2D eigenvalue weighted by molar-refractivity contribution is 7.89. The van der Waals surface area contributed by atoms with Gasteiger partial charge < -0.3 is 19.7 Å². The Balaban J connectivity index is 1.54. The first-order valence-corrected chi connectivity index (χ1v) is 12.3. The van der Waals surface area contributed by atoms with E-state index < -0.39 is 10.0 Å². The molecule has 2 fully saturated rings. The molecule has 0 saturated carbocycles. The zero-order chi connectivity index (χ0) is 23.4. The normalized spacial score (nSPS) is 17.2. The molecule has 2 saturated heterocycles. The molecule has 0 radical (unpaired) electrons. The van der Waals surface area contributed by atoms with E-state index in [2.05, 4.69) is 5.32 Å². The highest BCUT2D eigenvalue weighted by Gasteiger charge is 2.30. The minimum atomic E-state index is -3.79. The number of hydrogen-bond acceptors (Lipinski definition) is 6. The fourth-order valence-electron chi connectivity index (χ4n) is 4.06. The number of amides is 2. The van der Waals surface area contributed by atoms with Crippen LogP contribution in [0, 0.1) is 0 Å². The topological polar surface area (TPSA) is 105 Å². The summed E-state index contributed by atoms with van der Waals surface area (Å²) in [4.78, 5) is 26.7. The van der Waals surface area contributed by atoms with Crippen molar-refractivity contribution >= 4 is 33.2 Å². The number of nitrogens with one attached hydrogen (secondary N) is 1. The lowest BCUT2D eigenvalue weighted by Crippen LogP contribution is -2.40. The molecule has 10 heteroatoms. The maximum Gasteiger partial charge on any atom is 0.246 e. The van der Waals surface area contributed by atoms with Crippen LogP contribution in [0.25, 0.3) is 0 Å². The van der Waals surface area contributed by atoms with E-state index in [-0.39, 0.29) is 42.0 Å². The number of sulfonamides is 1. The zero-order valence-corrected chi connectivity index (χ0v) is 19.3. The Morgan fingerprint density at radius 1 is 1.12 bits per heavy atom.